The average Bonchev–Trinajstić information content (AvgIpc) is 2.64. The van der Waals surface area contributed by atoms with Gasteiger partial charge in [0.05, 0.1) is 11.6 Å². The van der Waals surface area contributed by atoms with Crippen molar-refractivity contribution in [1.29, 1.82) is 0 Å². The maximum Gasteiger partial charge on any atom is 0.320 e. The number of hydrogen-bond acceptors (Lipinski definition) is 4. The second kappa shape index (κ2) is 11.3. The van der Waals surface area contributed by atoms with Gasteiger partial charge in [0.25, 0.3) is 0 Å². The van der Waals surface area contributed by atoms with Crippen molar-refractivity contribution in [3.63, 3.8) is 0 Å². The van der Waals surface area contributed by atoms with E-state index in [2.05, 4.69) is 5.32 Å². The molecular weight excluding hydrogens is 413 g/mol. The Balaban J connectivity index is 2.14. The predicted octanol–water partition coefficient (Wildman–Crippen LogP) is 5.56. The van der Waals surface area contributed by atoms with Crippen LogP contribution in [0.1, 0.15) is 38.3 Å². The Bertz CT molecular complexity index is 826. The van der Waals surface area contributed by atoms with Gasteiger partial charge in [0, 0.05) is 11.6 Å². The summed E-state index contributed by atoms with van der Waals surface area (Å²) in [6.07, 6.45) is 0.544. The lowest BCUT2D eigenvalue weighted by Gasteiger charge is -2.18. The molecule has 0 bridgehead atoms. The maximum atomic E-state index is 11.4. The van der Waals surface area contributed by atoms with Crippen molar-refractivity contribution in [2.75, 3.05) is 6.61 Å². The number of carboxylic acid groups (broad SMARTS) is 1. The molecule has 2 N–H and O–H groups in total. The minimum absolute atomic E-state index is 0.272. The summed E-state index contributed by atoms with van der Waals surface area (Å²) < 4.78 is 11.6. The smallest absolute Gasteiger partial charge is 0.320 e. The molecule has 1 atom stereocenters. The van der Waals surface area contributed by atoms with Crippen LogP contribution in [0.25, 0.3) is 0 Å². The third-order valence-electron chi connectivity index (χ3n) is 4.20. The van der Waals surface area contributed by atoms with E-state index >= 15 is 0 Å². The molecule has 0 amide bonds. The zero-order valence-electron chi connectivity index (χ0n) is 16.9. The normalized spacial score (nSPS) is 12.1. The Kier molecular flexibility index (Phi) is 9.08. The van der Waals surface area contributed by atoms with E-state index < -0.39 is 12.0 Å². The van der Waals surface area contributed by atoms with Crippen molar-refractivity contribution >= 4 is 29.2 Å². The van der Waals surface area contributed by atoms with E-state index in [1.165, 1.54) is 0 Å². The molecule has 158 valence electrons. The molecule has 0 aliphatic rings. The molecule has 0 saturated carbocycles. The van der Waals surface area contributed by atoms with Crippen molar-refractivity contribution in [3.05, 3.63) is 57.6 Å². The molecule has 2 rings (SSSR count). The summed E-state index contributed by atoms with van der Waals surface area (Å²) >= 11 is 12.5. The van der Waals surface area contributed by atoms with Gasteiger partial charge in [0.1, 0.15) is 12.6 Å². The number of nitrogens with one attached hydrogen (secondary N) is 1. The van der Waals surface area contributed by atoms with E-state index in [9.17, 15) is 9.90 Å². The highest BCUT2D eigenvalue weighted by Gasteiger charge is 2.19. The third kappa shape index (κ3) is 7.42. The molecule has 0 aliphatic heterocycles. The number of benzene rings is 2. The molecule has 2 aromatic carbocycles. The number of ether oxygens (including phenoxy) is 2. The Morgan fingerprint density at radius 1 is 1.14 bits per heavy atom. The standard InChI is InChI=1S/C22H27Cl2NO4/c1-4-28-20-11-16(12-25-19(22(26)27)8-14(2)3)10-18(24)21(20)29-13-15-6-5-7-17(23)9-15/h5-7,9-11,14,19,25H,4,8,12-13H2,1-3H3,(H,26,27). The van der Waals surface area contributed by atoms with E-state index in [-0.39, 0.29) is 5.92 Å². The van der Waals surface area contributed by atoms with E-state index in [4.69, 9.17) is 32.7 Å². The fourth-order valence-electron chi connectivity index (χ4n) is 2.89. The molecule has 0 aromatic heterocycles. The molecule has 0 saturated heterocycles. The number of rotatable bonds is 11. The average molecular weight is 440 g/mol. The SMILES string of the molecule is CCOc1cc(CNC(CC(C)C)C(=O)O)cc(Cl)c1OCc1cccc(Cl)c1. The van der Waals surface area contributed by atoms with Gasteiger partial charge in [-0.3, -0.25) is 4.79 Å². The van der Waals surface area contributed by atoms with Crippen LogP contribution in [0.3, 0.4) is 0 Å². The van der Waals surface area contributed by atoms with Gasteiger partial charge in [0.15, 0.2) is 11.5 Å². The Morgan fingerprint density at radius 3 is 2.52 bits per heavy atom. The van der Waals surface area contributed by atoms with Crippen molar-refractivity contribution < 1.29 is 19.4 Å². The minimum atomic E-state index is -0.865. The summed E-state index contributed by atoms with van der Waals surface area (Å²) in [6, 6.07) is 10.4. The van der Waals surface area contributed by atoms with Crippen LogP contribution in [0.2, 0.25) is 10.0 Å². The molecule has 29 heavy (non-hydrogen) atoms. The third-order valence-corrected chi connectivity index (χ3v) is 4.71. The van der Waals surface area contributed by atoms with Gasteiger partial charge in [-0.05, 0) is 54.7 Å². The second-order valence-electron chi connectivity index (χ2n) is 7.16. The highest BCUT2D eigenvalue weighted by molar-refractivity contribution is 6.32. The summed E-state index contributed by atoms with van der Waals surface area (Å²) in [6.45, 7) is 6.97. The van der Waals surface area contributed by atoms with Crippen LogP contribution in [-0.2, 0) is 17.9 Å². The quantitative estimate of drug-likeness (QED) is 0.479. The molecule has 0 radical (unpaired) electrons. The Hall–Kier alpha value is -1.95. The minimum Gasteiger partial charge on any atom is -0.490 e. The van der Waals surface area contributed by atoms with Gasteiger partial charge in [0.2, 0.25) is 0 Å². The highest BCUT2D eigenvalue weighted by Crippen LogP contribution is 2.37. The van der Waals surface area contributed by atoms with Gasteiger partial charge in [-0.1, -0.05) is 49.2 Å². The van der Waals surface area contributed by atoms with Crippen LogP contribution in [0.4, 0.5) is 0 Å². The lowest BCUT2D eigenvalue weighted by Crippen LogP contribution is -2.37. The molecule has 5 nitrogen and oxygen atoms in total. The van der Waals surface area contributed by atoms with Gasteiger partial charge >= 0.3 is 5.97 Å². The van der Waals surface area contributed by atoms with Crippen molar-refractivity contribution in [2.45, 2.75) is 46.4 Å². The number of carbonyl (C=O) groups is 1. The molecule has 1 unspecified atom stereocenters. The molecule has 0 heterocycles. The Labute approximate surface area is 181 Å². The summed E-state index contributed by atoms with van der Waals surface area (Å²) in [5, 5.41) is 13.5. The van der Waals surface area contributed by atoms with Gasteiger partial charge in [-0.2, -0.15) is 0 Å². The summed E-state index contributed by atoms with van der Waals surface area (Å²) in [7, 11) is 0. The van der Waals surface area contributed by atoms with Gasteiger partial charge in [-0.15, -0.1) is 0 Å². The van der Waals surface area contributed by atoms with Crippen LogP contribution >= 0.6 is 23.2 Å². The molecular formula is C22H27Cl2NO4. The highest BCUT2D eigenvalue weighted by atomic mass is 35.5. The number of carboxylic acids is 1. The number of halogens is 2. The first-order valence-corrected chi connectivity index (χ1v) is 10.3. The molecule has 0 spiro atoms. The molecule has 2 aromatic rings. The molecule has 0 aliphatic carbocycles. The van der Waals surface area contributed by atoms with Crippen molar-refractivity contribution in [3.8, 4) is 11.5 Å². The Morgan fingerprint density at radius 2 is 1.90 bits per heavy atom. The summed E-state index contributed by atoms with van der Waals surface area (Å²) in [4.78, 5) is 11.4. The first-order valence-electron chi connectivity index (χ1n) is 9.58. The van der Waals surface area contributed by atoms with E-state index in [1.807, 2.05) is 45.0 Å². The molecule has 0 fully saturated rings. The molecule has 7 heteroatoms. The van der Waals surface area contributed by atoms with Crippen LogP contribution in [-0.4, -0.2) is 23.7 Å². The van der Waals surface area contributed by atoms with Crippen LogP contribution in [0, 0.1) is 5.92 Å². The van der Waals surface area contributed by atoms with Gasteiger partial charge < -0.3 is 19.9 Å². The largest absolute Gasteiger partial charge is 0.490 e. The van der Waals surface area contributed by atoms with E-state index in [0.29, 0.717) is 47.7 Å². The van der Waals surface area contributed by atoms with Crippen molar-refractivity contribution in [2.24, 2.45) is 5.92 Å². The van der Waals surface area contributed by atoms with E-state index in [0.717, 1.165) is 11.1 Å². The first-order chi connectivity index (χ1) is 13.8. The number of aliphatic carboxylic acids is 1. The summed E-state index contributed by atoms with van der Waals surface area (Å²) in [5.74, 6) is 0.383. The van der Waals surface area contributed by atoms with Crippen molar-refractivity contribution in [1.82, 2.24) is 5.32 Å². The summed E-state index contributed by atoms with van der Waals surface area (Å²) in [5.41, 5.74) is 1.74. The van der Waals surface area contributed by atoms with Gasteiger partial charge in [-0.25, -0.2) is 0 Å². The van der Waals surface area contributed by atoms with Crippen LogP contribution in [0.5, 0.6) is 11.5 Å². The monoisotopic (exact) mass is 439 g/mol. The lowest BCUT2D eigenvalue weighted by atomic mass is 10.0. The lowest BCUT2D eigenvalue weighted by molar-refractivity contribution is -0.140. The number of hydrogen-bond donors (Lipinski definition) is 2. The van der Waals surface area contributed by atoms with Crippen LogP contribution < -0.4 is 14.8 Å². The fraction of sp³-hybridized carbons (Fsp3) is 0.409. The zero-order chi connectivity index (χ0) is 21.4. The second-order valence-corrected chi connectivity index (χ2v) is 8.00. The van der Waals surface area contributed by atoms with E-state index in [1.54, 1.807) is 12.1 Å². The fourth-order valence-corrected chi connectivity index (χ4v) is 3.39. The van der Waals surface area contributed by atoms with Crippen LogP contribution in [0.15, 0.2) is 36.4 Å². The predicted molar refractivity (Wildman–Crippen MR) is 116 cm³/mol. The maximum absolute atomic E-state index is 11.4. The topological polar surface area (TPSA) is 67.8 Å². The zero-order valence-corrected chi connectivity index (χ0v) is 18.4. The first kappa shape index (κ1) is 23.3.